The Morgan fingerprint density at radius 3 is 2.42 bits per heavy atom. The average molecular weight is 267 g/mol. The minimum absolute atomic E-state index is 0.0227. The first-order valence-electron chi connectivity index (χ1n) is 5.93. The zero-order valence-corrected chi connectivity index (χ0v) is 10.5. The molecule has 0 aromatic heterocycles. The number of piperazine rings is 1. The van der Waals surface area contributed by atoms with Crippen molar-refractivity contribution >= 4 is 17.3 Å². The van der Waals surface area contributed by atoms with Gasteiger partial charge in [0.2, 0.25) is 11.7 Å². The lowest BCUT2D eigenvalue weighted by Crippen LogP contribution is -2.48. The summed E-state index contributed by atoms with van der Waals surface area (Å²) in [4.78, 5) is 24.6. The molecular weight excluding hydrogens is 253 g/mol. The van der Waals surface area contributed by atoms with Crippen LogP contribution in [-0.4, -0.2) is 41.9 Å². The Kier molecular flexibility index (Phi) is 3.64. The van der Waals surface area contributed by atoms with Gasteiger partial charge in [-0.2, -0.15) is 4.39 Å². The zero-order chi connectivity index (χ0) is 14.0. The maximum atomic E-state index is 13.5. The molecule has 7 heteroatoms. The fraction of sp³-hybridized carbons (Fsp3) is 0.417. The number of rotatable bonds is 2. The molecule has 102 valence electrons. The largest absolute Gasteiger partial charge is 0.368 e. The van der Waals surface area contributed by atoms with Gasteiger partial charge < -0.3 is 9.80 Å². The topological polar surface area (TPSA) is 66.7 Å². The van der Waals surface area contributed by atoms with Crippen LogP contribution in [0.4, 0.5) is 15.8 Å². The first-order valence-corrected chi connectivity index (χ1v) is 5.93. The minimum atomic E-state index is -0.837. The zero-order valence-electron chi connectivity index (χ0n) is 10.5. The minimum Gasteiger partial charge on any atom is -0.368 e. The molecule has 1 fully saturated rings. The molecule has 0 saturated carbocycles. The summed E-state index contributed by atoms with van der Waals surface area (Å²) in [5, 5.41) is 10.5. The van der Waals surface area contributed by atoms with E-state index in [1.807, 2.05) is 4.90 Å². The Labute approximate surface area is 109 Å². The number of carbonyl (C=O) groups excluding carboxylic acids is 1. The Morgan fingerprint density at radius 2 is 1.95 bits per heavy atom. The first kappa shape index (κ1) is 13.3. The van der Waals surface area contributed by atoms with Crippen LogP contribution in [0, 0.1) is 15.9 Å². The van der Waals surface area contributed by atoms with Gasteiger partial charge in [-0.1, -0.05) is 0 Å². The molecule has 1 aliphatic rings. The Morgan fingerprint density at radius 1 is 1.32 bits per heavy atom. The van der Waals surface area contributed by atoms with Gasteiger partial charge in [0.15, 0.2) is 0 Å². The van der Waals surface area contributed by atoms with Crippen molar-refractivity contribution in [2.45, 2.75) is 6.92 Å². The van der Waals surface area contributed by atoms with Crippen LogP contribution >= 0.6 is 0 Å². The van der Waals surface area contributed by atoms with Crippen LogP contribution < -0.4 is 4.90 Å². The monoisotopic (exact) mass is 267 g/mol. The van der Waals surface area contributed by atoms with Crippen LogP contribution in [0.3, 0.4) is 0 Å². The number of hydrogen-bond acceptors (Lipinski definition) is 4. The van der Waals surface area contributed by atoms with E-state index >= 15 is 0 Å². The van der Waals surface area contributed by atoms with Crippen LogP contribution in [0.25, 0.3) is 0 Å². The molecule has 1 heterocycles. The summed E-state index contributed by atoms with van der Waals surface area (Å²) in [5.74, 6) is -0.814. The van der Waals surface area contributed by atoms with Gasteiger partial charge in [0.25, 0.3) is 0 Å². The molecule has 0 spiro atoms. The highest BCUT2D eigenvalue weighted by Gasteiger charge is 2.21. The second kappa shape index (κ2) is 5.21. The number of nitro groups is 1. The number of hydrogen-bond donors (Lipinski definition) is 0. The molecule has 1 amide bonds. The maximum absolute atomic E-state index is 13.5. The quantitative estimate of drug-likeness (QED) is 0.600. The predicted molar refractivity (Wildman–Crippen MR) is 67.5 cm³/mol. The summed E-state index contributed by atoms with van der Waals surface area (Å²) in [5.41, 5.74) is 0.0809. The van der Waals surface area contributed by atoms with E-state index in [0.29, 0.717) is 31.9 Å². The molecule has 1 saturated heterocycles. The van der Waals surface area contributed by atoms with E-state index in [0.717, 1.165) is 0 Å². The van der Waals surface area contributed by atoms with Crippen molar-refractivity contribution in [1.29, 1.82) is 0 Å². The van der Waals surface area contributed by atoms with Gasteiger partial charge in [-0.15, -0.1) is 0 Å². The Hall–Kier alpha value is -2.18. The summed E-state index contributed by atoms with van der Waals surface area (Å²) in [6.45, 7) is 3.86. The highest BCUT2D eigenvalue weighted by atomic mass is 19.1. The van der Waals surface area contributed by atoms with Crippen LogP contribution in [0.1, 0.15) is 6.92 Å². The molecule has 0 bridgehead atoms. The number of nitro benzene ring substituents is 1. The van der Waals surface area contributed by atoms with E-state index < -0.39 is 16.4 Å². The number of carbonyl (C=O) groups is 1. The lowest BCUT2D eigenvalue weighted by atomic mass is 10.2. The number of halogens is 1. The van der Waals surface area contributed by atoms with E-state index in [-0.39, 0.29) is 5.91 Å². The van der Waals surface area contributed by atoms with Crippen molar-refractivity contribution in [2.75, 3.05) is 31.1 Å². The van der Waals surface area contributed by atoms with Crippen molar-refractivity contribution < 1.29 is 14.1 Å². The average Bonchev–Trinajstić information content (AvgIpc) is 2.38. The molecule has 0 unspecified atom stereocenters. The fourth-order valence-corrected chi connectivity index (χ4v) is 2.12. The second-order valence-corrected chi connectivity index (χ2v) is 4.39. The molecule has 2 rings (SSSR count). The normalized spacial score (nSPS) is 15.5. The van der Waals surface area contributed by atoms with Crippen molar-refractivity contribution in [1.82, 2.24) is 4.90 Å². The van der Waals surface area contributed by atoms with Gasteiger partial charge in [0.05, 0.1) is 4.92 Å². The van der Waals surface area contributed by atoms with Gasteiger partial charge in [0, 0.05) is 50.9 Å². The van der Waals surface area contributed by atoms with Crippen LogP contribution in [0.5, 0.6) is 0 Å². The van der Waals surface area contributed by atoms with E-state index in [1.54, 1.807) is 4.90 Å². The summed E-state index contributed by atoms with van der Waals surface area (Å²) >= 11 is 0. The third kappa shape index (κ3) is 2.81. The smallest absolute Gasteiger partial charge is 0.304 e. The standard InChI is InChI=1S/C12H14FN3O3/c1-9(17)14-4-6-15(7-5-14)10-2-3-12(16(18)19)11(13)8-10/h2-3,8H,4-7H2,1H3. The van der Waals surface area contributed by atoms with E-state index in [9.17, 15) is 19.3 Å². The third-order valence-corrected chi connectivity index (χ3v) is 3.22. The van der Waals surface area contributed by atoms with Gasteiger partial charge in [0.1, 0.15) is 0 Å². The van der Waals surface area contributed by atoms with Gasteiger partial charge in [-0.05, 0) is 6.07 Å². The molecule has 1 aromatic carbocycles. The number of anilines is 1. The fourth-order valence-electron chi connectivity index (χ4n) is 2.12. The van der Waals surface area contributed by atoms with E-state index in [1.165, 1.54) is 25.1 Å². The van der Waals surface area contributed by atoms with Crippen LogP contribution in [0.15, 0.2) is 18.2 Å². The molecule has 0 radical (unpaired) electrons. The highest BCUT2D eigenvalue weighted by molar-refractivity contribution is 5.73. The summed E-state index contributed by atoms with van der Waals surface area (Å²) in [6, 6.07) is 3.87. The van der Waals surface area contributed by atoms with Crippen LogP contribution in [-0.2, 0) is 4.79 Å². The van der Waals surface area contributed by atoms with Crippen molar-refractivity contribution in [3.63, 3.8) is 0 Å². The Balaban J connectivity index is 2.10. The molecule has 0 atom stereocenters. The molecule has 1 aromatic rings. The molecule has 0 aliphatic carbocycles. The Bertz CT molecular complexity index is 513. The lowest BCUT2D eigenvalue weighted by Gasteiger charge is -2.35. The number of benzene rings is 1. The highest BCUT2D eigenvalue weighted by Crippen LogP contribution is 2.24. The molecule has 19 heavy (non-hydrogen) atoms. The number of nitrogens with zero attached hydrogens (tertiary/aromatic N) is 3. The first-order chi connectivity index (χ1) is 8.99. The molecule has 6 nitrogen and oxygen atoms in total. The lowest BCUT2D eigenvalue weighted by molar-refractivity contribution is -0.387. The SMILES string of the molecule is CC(=O)N1CCN(c2ccc([N+](=O)[O-])c(F)c2)CC1. The summed E-state index contributed by atoms with van der Waals surface area (Å²) < 4.78 is 13.5. The van der Waals surface area contributed by atoms with Crippen LogP contribution in [0.2, 0.25) is 0 Å². The maximum Gasteiger partial charge on any atom is 0.304 e. The van der Waals surface area contributed by atoms with E-state index in [4.69, 9.17) is 0 Å². The summed E-state index contributed by atoms with van der Waals surface area (Å²) in [7, 11) is 0. The van der Waals surface area contributed by atoms with Gasteiger partial charge >= 0.3 is 5.69 Å². The predicted octanol–water partition coefficient (Wildman–Crippen LogP) is 1.40. The van der Waals surface area contributed by atoms with Crippen molar-refractivity contribution in [3.8, 4) is 0 Å². The van der Waals surface area contributed by atoms with E-state index in [2.05, 4.69) is 0 Å². The third-order valence-electron chi connectivity index (χ3n) is 3.22. The van der Waals surface area contributed by atoms with Gasteiger partial charge in [-0.3, -0.25) is 14.9 Å². The molecule has 1 aliphatic heterocycles. The molecule has 0 N–H and O–H groups in total. The van der Waals surface area contributed by atoms with Crippen molar-refractivity contribution in [3.05, 3.63) is 34.1 Å². The number of amides is 1. The summed E-state index contributed by atoms with van der Waals surface area (Å²) in [6.07, 6.45) is 0. The second-order valence-electron chi connectivity index (χ2n) is 4.39. The molecular formula is C12H14FN3O3. The van der Waals surface area contributed by atoms with Gasteiger partial charge in [-0.25, -0.2) is 0 Å². The van der Waals surface area contributed by atoms with Crippen molar-refractivity contribution in [2.24, 2.45) is 0 Å².